The molecule has 2 heterocycles. The third-order valence-electron chi connectivity index (χ3n) is 6.43. The van der Waals surface area contributed by atoms with Gasteiger partial charge in [0.2, 0.25) is 0 Å². The van der Waals surface area contributed by atoms with Gasteiger partial charge in [-0.1, -0.05) is 57.0 Å². The predicted octanol–water partition coefficient (Wildman–Crippen LogP) is 4.52. The van der Waals surface area contributed by atoms with Crippen molar-refractivity contribution in [2.24, 2.45) is 0 Å². The van der Waals surface area contributed by atoms with Crippen LogP contribution in [-0.2, 0) is 30.0 Å². The van der Waals surface area contributed by atoms with Crippen LogP contribution in [0.1, 0.15) is 40.2 Å². The summed E-state index contributed by atoms with van der Waals surface area (Å²) in [5.74, 6) is 2.01. The quantitative estimate of drug-likeness (QED) is 0.468. The van der Waals surface area contributed by atoms with Gasteiger partial charge in [0.15, 0.2) is 25.8 Å². The second kappa shape index (κ2) is 8.38. The van der Waals surface area contributed by atoms with Crippen molar-refractivity contribution in [2.75, 3.05) is 13.2 Å². The summed E-state index contributed by atoms with van der Waals surface area (Å²) in [7, 11) is -2.01. The molecule has 30 heavy (non-hydrogen) atoms. The topological polar surface area (TPSA) is 46.2 Å². The Balaban J connectivity index is 1.75. The predicted molar refractivity (Wildman–Crippen MR) is 120 cm³/mol. The second-order valence-electron chi connectivity index (χ2n) is 10.3. The van der Waals surface area contributed by atoms with Gasteiger partial charge in [0.05, 0.1) is 19.8 Å². The van der Waals surface area contributed by atoms with Crippen LogP contribution in [-0.4, -0.2) is 51.2 Å². The molecule has 0 N–H and O–H groups in total. The van der Waals surface area contributed by atoms with Crippen LogP contribution in [0.3, 0.4) is 0 Å². The largest absolute Gasteiger partial charge is 0.414 e. The molecule has 0 radical (unpaired) electrons. The molecule has 4 atom stereocenters. The number of hydrogen-bond donors (Lipinski definition) is 0. The average molecular weight is 433 g/mol. The van der Waals surface area contributed by atoms with Crippen LogP contribution in [0.5, 0.6) is 0 Å². The van der Waals surface area contributed by atoms with Gasteiger partial charge in [0.25, 0.3) is 0 Å². The molecular formula is C24H36O5Si. The molecule has 2 saturated heterocycles. The van der Waals surface area contributed by atoms with E-state index in [1.165, 1.54) is 0 Å². The van der Waals surface area contributed by atoms with Gasteiger partial charge >= 0.3 is 0 Å². The molecule has 2 fully saturated rings. The summed E-state index contributed by atoms with van der Waals surface area (Å²) in [6.07, 6.45) is 4.65. The third kappa shape index (κ3) is 4.67. The summed E-state index contributed by atoms with van der Waals surface area (Å²) in [5, 5.41) is 0.0808. The third-order valence-corrected chi connectivity index (χ3v) is 10.9. The summed E-state index contributed by atoms with van der Waals surface area (Å²) in [6, 6.07) is 10.1. The fourth-order valence-corrected chi connectivity index (χ4v) is 4.79. The molecule has 1 aromatic carbocycles. The van der Waals surface area contributed by atoms with Gasteiger partial charge in [-0.2, -0.15) is 0 Å². The monoisotopic (exact) mass is 432 g/mol. The molecule has 1 aromatic rings. The van der Waals surface area contributed by atoms with Crippen LogP contribution in [0.15, 0.2) is 30.3 Å². The summed E-state index contributed by atoms with van der Waals surface area (Å²) >= 11 is 0. The molecule has 0 spiro atoms. The van der Waals surface area contributed by atoms with Gasteiger partial charge in [-0.3, -0.25) is 0 Å². The first-order valence-corrected chi connectivity index (χ1v) is 13.6. The Bertz CT molecular complexity index is 764. The molecule has 5 nitrogen and oxygen atoms in total. The van der Waals surface area contributed by atoms with E-state index in [9.17, 15) is 0 Å². The Morgan fingerprint density at radius 2 is 1.83 bits per heavy atom. The maximum atomic E-state index is 6.55. The molecule has 2 aliphatic heterocycles. The van der Waals surface area contributed by atoms with Crippen molar-refractivity contribution in [2.45, 2.75) is 89.1 Å². The summed E-state index contributed by atoms with van der Waals surface area (Å²) in [6.45, 7) is 16.1. The Kier molecular flexibility index (Phi) is 6.56. The molecule has 0 unspecified atom stereocenters. The van der Waals surface area contributed by atoms with Gasteiger partial charge in [0.1, 0.15) is 12.2 Å². The number of fused-ring (bicyclic) bond motifs is 1. The summed E-state index contributed by atoms with van der Waals surface area (Å²) < 4.78 is 31.4. The van der Waals surface area contributed by atoms with Crippen molar-refractivity contribution >= 4 is 8.32 Å². The first-order valence-electron chi connectivity index (χ1n) is 10.7. The van der Waals surface area contributed by atoms with Crippen molar-refractivity contribution in [3.8, 4) is 12.3 Å². The van der Waals surface area contributed by atoms with Crippen molar-refractivity contribution in [1.29, 1.82) is 0 Å². The molecule has 0 aromatic heterocycles. The Labute approximate surface area is 182 Å². The zero-order valence-corrected chi connectivity index (χ0v) is 20.4. The van der Waals surface area contributed by atoms with Gasteiger partial charge in [-0.05, 0) is 37.5 Å². The van der Waals surface area contributed by atoms with E-state index >= 15 is 0 Å². The molecule has 2 aliphatic rings. The standard InChI is InChI=1S/C24H36O5Si/c1-9-20-24(17-26-30(7,8)22(2,3)4)21(28-23(5,6)29-24)19(27-20)16-25-15-18-13-11-10-12-14-18/h1,10-14,19-21H,15-17H2,2-8H3/t19-,20+,21-,24+/m1/s1. The minimum atomic E-state index is -2.01. The van der Waals surface area contributed by atoms with Crippen molar-refractivity contribution in [3.05, 3.63) is 35.9 Å². The van der Waals surface area contributed by atoms with Crippen molar-refractivity contribution in [3.63, 3.8) is 0 Å². The number of terminal acetylenes is 1. The highest BCUT2D eigenvalue weighted by molar-refractivity contribution is 6.74. The Morgan fingerprint density at radius 1 is 1.17 bits per heavy atom. The van der Waals surface area contributed by atoms with E-state index < -0.39 is 25.8 Å². The van der Waals surface area contributed by atoms with E-state index in [-0.39, 0.29) is 17.2 Å². The minimum absolute atomic E-state index is 0.0808. The lowest BCUT2D eigenvalue weighted by atomic mass is 9.92. The minimum Gasteiger partial charge on any atom is -0.414 e. The van der Waals surface area contributed by atoms with Gasteiger partial charge in [0, 0.05) is 0 Å². The number of benzene rings is 1. The maximum absolute atomic E-state index is 6.55. The zero-order valence-electron chi connectivity index (χ0n) is 19.4. The number of rotatable bonds is 7. The number of ether oxygens (including phenoxy) is 4. The van der Waals surface area contributed by atoms with E-state index in [0.29, 0.717) is 19.8 Å². The van der Waals surface area contributed by atoms with E-state index in [4.69, 9.17) is 29.8 Å². The molecule has 0 aliphatic carbocycles. The molecule has 3 rings (SSSR count). The molecular weight excluding hydrogens is 396 g/mol. The van der Waals surface area contributed by atoms with Gasteiger partial charge in [-0.25, -0.2) is 0 Å². The first kappa shape index (κ1) is 23.5. The highest BCUT2D eigenvalue weighted by atomic mass is 28.4. The molecule has 0 saturated carbocycles. The fourth-order valence-electron chi connectivity index (χ4n) is 3.77. The molecule has 6 heteroatoms. The molecule has 0 bridgehead atoms. The van der Waals surface area contributed by atoms with E-state index in [0.717, 1.165) is 5.56 Å². The smallest absolute Gasteiger partial charge is 0.192 e. The SMILES string of the molecule is C#C[C@@H]1O[C@H](COCc2ccccc2)[C@H]2OC(C)(C)O[C@@]12CO[Si](C)(C)C(C)(C)C. The first-order chi connectivity index (χ1) is 13.9. The van der Waals surface area contributed by atoms with E-state index in [1.807, 2.05) is 44.2 Å². The summed E-state index contributed by atoms with van der Waals surface area (Å²) in [5.41, 5.74) is 0.273. The lowest BCUT2D eigenvalue weighted by Gasteiger charge is -2.40. The Morgan fingerprint density at radius 3 is 2.43 bits per heavy atom. The fraction of sp³-hybridized carbons (Fsp3) is 0.667. The normalized spacial score (nSPS) is 30.8. The van der Waals surface area contributed by atoms with Crippen LogP contribution in [0, 0.1) is 12.3 Å². The van der Waals surface area contributed by atoms with Crippen LogP contribution < -0.4 is 0 Å². The Hall–Kier alpha value is -1.20. The van der Waals surface area contributed by atoms with Crippen LogP contribution in [0.2, 0.25) is 18.1 Å². The van der Waals surface area contributed by atoms with E-state index in [1.54, 1.807) is 0 Å². The van der Waals surface area contributed by atoms with Crippen molar-refractivity contribution in [1.82, 2.24) is 0 Å². The maximum Gasteiger partial charge on any atom is 0.192 e. The second-order valence-corrected chi connectivity index (χ2v) is 15.1. The molecule has 0 amide bonds. The average Bonchev–Trinajstić information content (AvgIpc) is 3.08. The van der Waals surface area contributed by atoms with E-state index in [2.05, 4.69) is 39.8 Å². The zero-order chi connectivity index (χ0) is 22.2. The van der Waals surface area contributed by atoms with Crippen LogP contribution >= 0.6 is 0 Å². The molecule has 166 valence electrons. The van der Waals surface area contributed by atoms with Crippen LogP contribution in [0.4, 0.5) is 0 Å². The van der Waals surface area contributed by atoms with Crippen LogP contribution in [0.25, 0.3) is 0 Å². The number of hydrogen-bond acceptors (Lipinski definition) is 5. The summed E-state index contributed by atoms with van der Waals surface area (Å²) in [4.78, 5) is 0. The van der Waals surface area contributed by atoms with Crippen molar-refractivity contribution < 1.29 is 23.4 Å². The van der Waals surface area contributed by atoms with Gasteiger partial charge in [-0.15, -0.1) is 6.42 Å². The van der Waals surface area contributed by atoms with Gasteiger partial charge < -0.3 is 23.4 Å². The lowest BCUT2D eigenvalue weighted by Crippen LogP contribution is -2.54. The lowest BCUT2D eigenvalue weighted by molar-refractivity contribution is -0.206. The highest BCUT2D eigenvalue weighted by Gasteiger charge is 2.66. The highest BCUT2D eigenvalue weighted by Crippen LogP contribution is 2.48.